The Morgan fingerprint density at radius 3 is 2.39 bits per heavy atom. The highest BCUT2D eigenvalue weighted by molar-refractivity contribution is 5.88. The number of nitrogens with zero attached hydrogens (tertiary/aromatic N) is 1. The second kappa shape index (κ2) is 11.1. The van der Waals surface area contributed by atoms with E-state index in [2.05, 4.69) is 20.8 Å². The number of H-pyrrole nitrogens is 1. The zero-order valence-corrected chi connectivity index (χ0v) is 18.9. The number of carbonyl (C=O) groups excluding carboxylic acids is 2. The van der Waals surface area contributed by atoms with Crippen molar-refractivity contribution in [1.82, 2.24) is 20.8 Å². The number of aliphatic hydroxyl groups excluding tert-OH is 1. The Hall–Kier alpha value is -2.71. The molecule has 8 heteroatoms. The Morgan fingerprint density at radius 1 is 1.16 bits per heavy atom. The summed E-state index contributed by atoms with van der Waals surface area (Å²) < 4.78 is 0. The van der Waals surface area contributed by atoms with E-state index in [9.17, 15) is 14.7 Å². The van der Waals surface area contributed by atoms with Gasteiger partial charge in [-0.05, 0) is 23.3 Å². The van der Waals surface area contributed by atoms with Gasteiger partial charge in [0.15, 0.2) is 0 Å². The van der Waals surface area contributed by atoms with Crippen molar-refractivity contribution in [2.45, 2.75) is 59.8 Å². The maximum atomic E-state index is 13.1. The van der Waals surface area contributed by atoms with Crippen molar-refractivity contribution in [2.75, 3.05) is 0 Å². The molecule has 0 bridgehead atoms. The van der Waals surface area contributed by atoms with Crippen LogP contribution in [0.15, 0.2) is 42.7 Å². The molecule has 3 atom stereocenters. The van der Waals surface area contributed by atoms with Crippen LogP contribution in [0.4, 0.5) is 0 Å². The molecule has 0 spiro atoms. The molecule has 1 aromatic carbocycles. The van der Waals surface area contributed by atoms with Crippen LogP contribution < -0.4 is 10.8 Å². The van der Waals surface area contributed by atoms with Crippen molar-refractivity contribution in [3.63, 3.8) is 0 Å². The zero-order chi connectivity index (χ0) is 23.0. The second-order valence-electron chi connectivity index (χ2n) is 9.20. The highest BCUT2D eigenvalue weighted by atomic mass is 16.7. The Morgan fingerprint density at radius 2 is 1.84 bits per heavy atom. The van der Waals surface area contributed by atoms with Crippen LogP contribution in [-0.2, 0) is 21.0 Å². The number of aromatic nitrogens is 2. The highest BCUT2D eigenvalue weighted by Gasteiger charge is 2.37. The molecule has 8 nitrogen and oxygen atoms in total. The van der Waals surface area contributed by atoms with E-state index in [1.165, 1.54) is 0 Å². The maximum Gasteiger partial charge on any atom is 0.273 e. The summed E-state index contributed by atoms with van der Waals surface area (Å²) in [7, 11) is 0. The Kier molecular flexibility index (Phi) is 8.76. The fraction of sp³-hybridized carbons (Fsp3) is 0.522. The van der Waals surface area contributed by atoms with Gasteiger partial charge in [0.05, 0.1) is 18.6 Å². The van der Waals surface area contributed by atoms with Crippen molar-refractivity contribution in [3.05, 3.63) is 54.1 Å². The lowest BCUT2D eigenvalue weighted by molar-refractivity contribution is -0.151. The van der Waals surface area contributed by atoms with Gasteiger partial charge in [-0.15, -0.1) is 0 Å². The van der Waals surface area contributed by atoms with E-state index in [1.807, 2.05) is 65.0 Å². The quantitative estimate of drug-likeness (QED) is 0.433. The topological polar surface area (TPSA) is 116 Å². The van der Waals surface area contributed by atoms with Crippen LogP contribution in [-0.4, -0.2) is 33.0 Å². The molecule has 3 unspecified atom stereocenters. The lowest BCUT2D eigenvalue weighted by Crippen LogP contribution is -2.48. The van der Waals surface area contributed by atoms with Gasteiger partial charge in [-0.25, -0.2) is 10.5 Å². The van der Waals surface area contributed by atoms with Gasteiger partial charge in [-0.2, -0.15) is 0 Å². The third kappa shape index (κ3) is 7.48. The van der Waals surface area contributed by atoms with Gasteiger partial charge in [0, 0.05) is 12.4 Å². The van der Waals surface area contributed by atoms with Crippen molar-refractivity contribution in [2.24, 2.45) is 17.3 Å². The fourth-order valence-corrected chi connectivity index (χ4v) is 3.27. The Balaban J connectivity index is 2.06. The van der Waals surface area contributed by atoms with Crippen LogP contribution in [0.3, 0.4) is 0 Å². The molecule has 31 heavy (non-hydrogen) atoms. The van der Waals surface area contributed by atoms with Gasteiger partial charge in [0.25, 0.3) is 5.91 Å². The van der Waals surface area contributed by atoms with Crippen LogP contribution in [0.1, 0.15) is 58.5 Å². The minimum absolute atomic E-state index is 0.0973. The van der Waals surface area contributed by atoms with Crippen molar-refractivity contribution < 1.29 is 19.5 Å². The summed E-state index contributed by atoms with van der Waals surface area (Å²) >= 11 is 0. The average molecular weight is 431 g/mol. The highest BCUT2D eigenvalue weighted by Crippen LogP contribution is 2.31. The van der Waals surface area contributed by atoms with Crippen LogP contribution in [0.2, 0.25) is 0 Å². The Labute approximate surface area is 183 Å². The van der Waals surface area contributed by atoms with Crippen LogP contribution in [0.25, 0.3) is 0 Å². The van der Waals surface area contributed by atoms with E-state index in [4.69, 9.17) is 4.84 Å². The zero-order valence-electron chi connectivity index (χ0n) is 18.9. The second-order valence-corrected chi connectivity index (χ2v) is 9.20. The third-order valence-corrected chi connectivity index (χ3v) is 4.91. The van der Waals surface area contributed by atoms with Gasteiger partial charge in [0.2, 0.25) is 5.91 Å². The molecule has 0 radical (unpaired) electrons. The minimum Gasteiger partial charge on any atom is -0.382 e. The monoisotopic (exact) mass is 430 g/mol. The van der Waals surface area contributed by atoms with Crippen molar-refractivity contribution in [3.8, 4) is 0 Å². The standard InChI is InChI=1S/C23H34N4O4/c1-15(2)13-17(18(28)22(30)27-31-14-16-9-7-6-8-10-16)21(29)26-19(23(3,4)5)20-24-11-12-25-20/h6-12,15,17-19,28H,13-14H2,1-5H3,(H,24,25)(H,26,29)(H,27,30). The molecular formula is C23H34N4O4. The summed E-state index contributed by atoms with van der Waals surface area (Å²) in [5.74, 6) is -1.37. The number of nitrogens with one attached hydrogen (secondary N) is 3. The van der Waals surface area contributed by atoms with Crippen molar-refractivity contribution >= 4 is 11.8 Å². The lowest BCUT2D eigenvalue weighted by Gasteiger charge is -2.32. The molecule has 0 saturated carbocycles. The maximum absolute atomic E-state index is 13.1. The summed E-state index contributed by atoms with van der Waals surface area (Å²) in [6.07, 6.45) is 2.11. The number of hydroxylamine groups is 1. The molecular weight excluding hydrogens is 396 g/mol. The molecule has 2 rings (SSSR count). The molecule has 1 heterocycles. The number of imidazole rings is 1. The Bertz CT molecular complexity index is 816. The summed E-state index contributed by atoms with van der Waals surface area (Å²) in [6, 6.07) is 8.92. The van der Waals surface area contributed by atoms with E-state index in [1.54, 1.807) is 12.4 Å². The number of aromatic amines is 1. The summed E-state index contributed by atoms with van der Waals surface area (Å²) in [6.45, 7) is 9.98. The summed E-state index contributed by atoms with van der Waals surface area (Å²) in [4.78, 5) is 38.2. The predicted molar refractivity (Wildman–Crippen MR) is 117 cm³/mol. The number of hydrogen-bond acceptors (Lipinski definition) is 5. The molecule has 0 aliphatic carbocycles. The lowest BCUT2D eigenvalue weighted by atomic mass is 9.84. The molecule has 0 aliphatic heterocycles. The molecule has 2 amide bonds. The van der Waals surface area contributed by atoms with Crippen LogP contribution >= 0.6 is 0 Å². The number of amides is 2. The number of aliphatic hydroxyl groups is 1. The SMILES string of the molecule is CC(C)CC(C(=O)NC(c1ncc[nH]1)C(C)(C)C)C(O)C(=O)NOCc1ccccc1. The molecule has 2 aromatic rings. The molecule has 170 valence electrons. The van der Waals surface area contributed by atoms with E-state index < -0.39 is 29.9 Å². The molecule has 4 N–H and O–H groups in total. The first-order valence-electron chi connectivity index (χ1n) is 10.5. The number of benzene rings is 1. The average Bonchev–Trinajstić information content (AvgIpc) is 3.23. The third-order valence-electron chi connectivity index (χ3n) is 4.91. The summed E-state index contributed by atoms with van der Waals surface area (Å²) in [5.41, 5.74) is 2.81. The normalized spacial score (nSPS) is 14.7. The van der Waals surface area contributed by atoms with Crippen molar-refractivity contribution in [1.29, 1.82) is 0 Å². The van der Waals surface area contributed by atoms with E-state index in [0.29, 0.717) is 12.2 Å². The number of carbonyl (C=O) groups is 2. The minimum atomic E-state index is -1.55. The first kappa shape index (κ1) is 24.6. The number of hydrogen-bond donors (Lipinski definition) is 4. The number of rotatable bonds is 10. The molecule has 1 aromatic heterocycles. The van der Waals surface area contributed by atoms with E-state index in [0.717, 1.165) is 5.56 Å². The van der Waals surface area contributed by atoms with E-state index in [-0.39, 0.29) is 17.9 Å². The van der Waals surface area contributed by atoms with Gasteiger partial charge >= 0.3 is 0 Å². The molecule has 0 aliphatic rings. The first-order chi connectivity index (χ1) is 14.6. The van der Waals surface area contributed by atoms with Gasteiger partial charge in [-0.3, -0.25) is 14.4 Å². The molecule has 0 fully saturated rings. The first-order valence-corrected chi connectivity index (χ1v) is 10.5. The van der Waals surface area contributed by atoms with Gasteiger partial charge in [-0.1, -0.05) is 65.0 Å². The van der Waals surface area contributed by atoms with E-state index >= 15 is 0 Å². The van der Waals surface area contributed by atoms with Gasteiger partial charge in [0.1, 0.15) is 11.9 Å². The fourth-order valence-electron chi connectivity index (χ4n) is 3.27. The predicted octanol–water partition coefficient (Wildman–Crippen LogP) is 2.88. The summed E-state index contributed by atoms with van der Waals surface area (Å²) in [5, 5.41) is 13.6. The van der Waals surface area contributed by atoms with Gasteiger partial charge < -0.3 is 15.4 Å². The van der Waals surface area contributed by atoms with Crippen LogP contribution in [0, 0.1) is 17.3 Å². The molecule has 0 saturated heterocycles. The largest absolute Gasteiger partial charge is 0.382 e. The van der Waals surface area contributed by atoms with Crippen LogP contribution in [0.5, 0.6) is 0 Å². The smallest absolute Gasteiger partial charge is 0.273 e.